The van der Waals surface area contributed by atoms with E-state index in [2.05, 4.69) is 20.6 Å². The maximum atomic E-state index is 12.4. The van der Waals surface area contributed by atoms with Gasteiger partial charge < -0.3 is 10.6 Å². The normalized spacial score (nSPS) is 18.3. The number of benzene rings is 1. The van der Waals surface area contributed by atoms with E-state index in [4.69, 9.17) is 0 Å². The smallest absolute Gasteiger partial charge is 0.252 e. The number of carbonyl (C=O) groups excluding carboxylic acids is 2. The van der Waals surface area contributed by atoms with Crippen LogP contribution in [0.4, 0.5) is 0 Å². The summed E-state index contributed by atoms with van der Waals surface area (Å²) in [7, 11) is 0. The highest BCUT2D eigenvalue weighted by Gasteiger charge is 2.23. The maximum Gasteiger partial charge on any atom is 0.252 e. The molecule has 1 aromatic heterocycles. The standard InChI is InChI=1S/C17H20N4O2/c1-10-11(2)20-15-9-12(6-7-13(15)19-10)16(22)21-14-5-3-4-8-18-17(14)23/h6-7,9,14H,3-5,8H2,1-2H3,(H,18,23)(H,21,22)/t14-/m0/s1. The van der Waals surface area contributed by atoms with Crippen molar-refractivity contribution in [1.82, 2.24) is 20.6 Å². The van der Waals surface area contributed by atoms with Gasteiger partial charge >= 0.3 is 0 Å². The highest BCUT2D eigenvalue weighted by Crippen LogP contribution is 2.15. The zero-order valence-electron chi connectivity index (χ0n) is 13.3. The van der Waals surface area contributed by atoms with Gasteiger partial charge in [-0.15, -0.1) is 0 Å². The molecule has 0 unspecified atom stereocenters. The molecule has 0 bridgehead atoms. The van der Waals surface area contributed by atoms with Crippen molar-refractivity contribution in [3.8, 4) is 0 Å². The van der Waals surface area contributed by atoms with Crippen molar-refractivity contribution in [1.29, 1.82) is 0 Å². The number of hydrogen-bond donors (Lipinski definition) is 2. The summed E-state index contributed by atoms with van der Waals surface area (Å²) in [6, 6.07) is 4.76. The van der Waals surface area contributed by atoms with E-state index in [1.54, 1.807) is 18.2 Å². The third kappa shape index (κ3) is 3.31. The Hall–Kier alpha value is -2.50. The number of hydrogen-bond acceptors (Lipinski definition) is 4. The maximum absolute atomic E-state index is 12.4. The van der Waals surface area contributed by atoms with Crippen molar-refractivity contribution >= 4 is 22.8 Å². The van der Waals surface area contributed by atoms with Crippen LogP contribution in [0.5, 0.6) is 0 Å². The van der Waals surface area contributed by atoms with Crippen molar-refractivity contribution in [2.24, 2.45) is 0 Å². The summed E-state index contributed by atoms with van der Waals surface area (Å²) >= 11 is 0. The molecule has 2 aromatic rings. The quantitative estimate of drug-likeness (QED) is 0.883. The van der Waals surface area contributed by atoms with E-state index >= 15 is 0 Å². The molecule has 2 N–H and O–H groups in total. The molecule has 1 saturated heterocycles. The summed E-state index contributed by atoms with van der Waals surface area (Å²) in [4.78, 5) is 33.3. The Labute approximate surface area is 134 Å². The van der Waals surface area contributed by atoms with Crippen LogP contribution in [0.2, 0.25) is 0 Å². The van der Waals surface area contributed by atoms with Gasteiger partial charge in [0.25, 0.3) is 5.91 Å². The van der Waals surface area contributed by atoms with Gasteiger partial charge in [0, 0.05) is 12.1 Å². The van der Waals surface area contributed by atoms with Gasteiger partial charge in [0.05, 0.1) is 22.4 Å². The molecule has 1 fully saturated rings. The molecule has 120 valence electrons. The molecular weight excluding hydrogens is 292 g/mol. The van der Waals surface area contributed by atoms with Crippen LogP contribution in [-0.4, -0.2) is 34.4 Å². The molecule has 1 aliphatic rings. The van der Waals surface area contributed by atoms with Crippen LogP contribution in [-0.2, 0) is 4.79 Å². The van der Waals surface area contributed by atoms with Crippen LogP contribution < -0.4 is 10.6 Å². The number of rotatable bonds is 2. The zero-order chi connectivity index (χ0) is 16.4. The zero-order valence-corrected chi connectivity index (χ0v) is 13.3. The number of nitrogens with one attached hydrogen (secondary N) is 2. The van der Waals surface area contributed by atoms with Crippen molar-refractivity contribution in [3.63, 3.8) is 0 Å². The largest absolute Gasteiger partial charge is 0.354 e. The lowest BCUT2D eigenvalue weighted by molar-refractivity contribution is -0.122. The van der Waals surface area contributed by atoms with E-state index in [1.807, 2.05) is 13.8 Å². The molecule has 2 heterocycles. The summed E-state index contributed by atoms with van der Waals surface area (Å²) in [5.41, 5.74) is 3.66. The van der Waals surface area contributed by atoms with Crippen LogP contribution in [0.1, 0.15) is 41.0 Å². The molecular formula is C17H20N4O2. The molecule has 0 aliphatic carbocycles. The molecule has 2 amide bonds. The van der Waals surface area contributed by atoms with Gasteiger partial charge in [-0.2, -0.15) is 0 Å². The molecule has 0 radical (unpaired) electrons. The average molecular weight is 312 g/mol. The summed E-state index contributed by atoms with van der Waals surface area (Å²) in [6.07, 6.45) is 2.54. The fraction of sp³-hybridized carbons (Fsp3) is 0.412. The van der Waals surface area contributed by atoms with Gasteiger partial charge in [0.2, 0.25) is 5.91 Å². The van der Waals surface area contributed by atoms with Gasteiger partial charge in [-0.3, -0.25) is 9.59 Å². The van der Waals surface area contributed by atoms with E-state index in [0.29, 0.717) is 24.0 Å². The molecule has 0 saturated carbocycles. The Kier molecular flexibility index (Phi) is 4.23. The highest BCUT2D eigenvalue weighted by atomic mass is 16.2. The van der Waals surface area contributed by atoms with Crippen molar-refractivity contribution < 1.29 is 9.59 Å². The fourth-order valence-corrected chi connectivity index (χ4v) is 2.69. The summed E-state index contributed by atoms with van der Waals surface area (Å²) in [5, 5.41) is 5.64. The van der Waals surface area contributed by atoms with Gasteiger partial charge in [0.1, 0.15) is 6.04 Å². The third-order valence-corrected chi connectivity index (χ3v) is 4.18. The number of nitrogens with zero attached hydrogens (tertiary/aromatic N) is 2. The van der Waals surface area contributed by atoms with Gasteiger partial charge in [-0.05, 0) is 51.3 Å². The minimum absolute atomic E-state index is 0.108. The van der Waals surface area contributed by atoms with E-state index in [-0.39, 0.29) is 11.8 Å². The summed E-state index contributed by atoms with van der Waals surface area (Å²) < 4.78 is 0. The summed E-state index contributed by atoms with van der Waals surface area (Å²) in [5.74, 6) is -0.364. The second-order valence-corrected chi connectivity index (χ2v) is 5.91. The second kappa shape index (κ2) is 6.32. The lowest BCUT2D eigenvalue weighted by Gasteiger charge is -2.15. The van der Waals surface area contributed by atoms with Crippen molar-refractivity contribution in [2.45, 2.75) is 39.2 Å². The van der Waals surface area contributed by atoms with E-state index in [1.165, 1.54) is 0 Å². The monoisotopic (exact) mass is 312 g/mol. The first-order chi connectivity index (χ1) is 11.0. The molecule has 6 heteroatoms. The number of aryl methyl sites for hydroxylation is 2. The van der Waals surface area contributed by atoms with Crippen LogP contribution >= 0.6 is 0 Å². The SMILES string of the molecule is Cc1nc2ccc(C(=O)N[C@H]3CCCCNC3=O)cc2nc1C. The fourth-order valence-electron chi connectivity index (χ4n) is 2.69. The molecule has 1 aromatic carbocycles. The van der Waals surface area contributed by atoms with Crippen LogP contribution in [0.25, 0.3) is 11.0 Å². The first kappa shape index (κ1) is 15.4. The Morgan fingerprint density at radius 3 is 2.70 bits per heavy atom. The average Bonchev–Trinajstić information content (AvgIpc) is 2.73. The predicted molar refractivity (Wildman–Crippen MR) is 87.1 cm³/mol. The van der Waals surface area contributed by atoms with Gasteiger partial charge in [-0.25, -0.2) is 9.97 Å². The van der Waals surface area contributed by atoms with Crippen molar-refractivity contribution in [2.75, 3.05) is 6.54 Å². The first-order valence-corrected chi connectivity index (χ1v) is 7.88. The number of aromatic nitrogens is 2. The van der Waals surface area contributed by atoms with Crippen LogP contribution in [0, 0.1) is 13.8 Å². The highest BCUT2D eigenvalue weighted by molar-refractivity contribution is 5.99. The first-order valence-electron chi connectivity index (χ1n) is 7.88. The van der Waals surface area contributed by atoms with Crippen LogP contribution in [0.15, 0.2) is 18.2 Å². The van der Waals surface area contributed by atoms with Crippen molar-refractivity contribution in [3.05, 3.63) is 35.2 Å². The van der Waals surface area contributed by atoms with E-state index in [0.717, 1.165) is 29.7 Å². The molecule has 1 aliphatic heterocycles. The minimum Gasteiger partial charge on any atom is -0.354 e. The van der Waals surface area contributed by atoms with Gasteiger partial charge in [0.15, 0.2) is 0 Å². The Balaban J connectivity index is 1.83. The minimum atomic E-state index is -0.466. The Morgan fingerprint density at radius 2 is 1.91 bits per heavy atom. The van der Waals surface area contributed by atoms with Gasteiger partial charge in [-0.1, -0.05) is 0 Å². The van der Waals surface area contributed by atoms with E-state index < -0.39 is 6.04 Å². The molecule has 23 heavy (non-hydrogen) atoms. The Morgan fingerprint density at radius 1 is 1.17 bits per heavy atom. The number of carbonyl (C=O) groups is 2. The molecule has 3 rings (SSSR count). The number of fused-ring (bicyclic) bond motifs is 1. The summed E-state index contributed by atoms with van der Waals surface area (Å²) in [6.45, 7) is 4.48. The van der Waals surface area contributed by atoms with E-state index in [9.17, 15) is 9.59 Å². The predicted octanol–water partition coefficient (Wildman–Crippen LogP) is 1.65. The molecule has 1 atom stereocenters. The second-order valence-electron chi connectivity index (χ2n) is 5.91. The Bertz CT molecular complexity index is 773. The van der Waals surface area contributed by atoms with Crippen LogP contribution in [0.3, 0.4) is 0 Å². The molecule has 0 spiro atoms. The molecule has 6 nitrogen and oxygen atoms in total. The topological polar surface area (TPSA) is 84.0 Å². The lowest BCUT2D eigenvalue weighted by Crippen LogP contribution is -2.45. The number of amides is 2. The lowest BCUT2D eigenvalue weighted by atomic mass is 10.1. The third-order valence-electron chi connectivity index (χ3n) is 4.18.